The zero-order valence-corrected chi connectivity index (χ0v) is 10.3. The van der Waals surface area contributed by atoms with Gasteiger partial charge in [-0.15, -0.1) is 0 Å². The van der Waals surface area contributed by atoms with Gasteiger partial charge in [-0.1, -0.05) is 17.7 Å². The molecule has 0 spiro atoms. The fourth-order valence-electron chi connectivity index (χ4n) is 2.27. The molecule has 2 rings (SSSR count). The van der Waals surface area contributed by atoms with Crippen LogP contribution in [0.15, 0.2) is 18.2 Å². The second-order valence-electron chi connectivity index (χ2n) is 4.61. The molecule has 16 heavy (non-hydrogen) atoms. The largest absolute Gasteiger partial charge is 0.398 e. The maximum Gasteiger partial charge on any atom is 0.0638 e. The molecule has 0 bridgehead atoms. The van der Waals surface area contributed by atoms with Crippen LogP contribution >= 0.6 is 11.6 Å². The van der Waals surface area contributed by atoms with E-state index in [4.69, 9.17) is 17.3 Å². The fraction of sp³-hybridized carbons (Fsp3) is 0.538. The summed E-state index contributed by atoms with van der Waals surface area (Å²) >= 11 is 6.00. The molecule has 3 N–H and O–H groups in total. The maximum atomic E-state index is 6.00. The minimum Gasteiger partial charge on any atom is -0.398 e. The first kappa shape index (κ1) is 11.7. The quantitative estimate of drug-likeness (QED) is 0.795. The first-order chi connectivity index (χ1) is 7.75. The van der Waals surface area contributed by atoms with Gasteiger partial charge in [-0.05, 0) is 62.4 Å². The van der Waals surface area contributed by atoms with Gasteiger partial charge in [-0.2, -0.15) is 0 Å². The molecule has 0 radical (unpaired) electrons. The zero-order valence-electron chi connectivity index (χ0n) is 9.51. The highest BCUT2D eigenvalue weighted by Crippen LogP contribution is 2.22. The summed E-state index contributed by atoms with van der Waals surface area (Å²) < 4.78 is 0. The number of piperidine rings is 1. The predicted octanol–water partition coefficient (Wildman–Crippen LogP) is 2.85. The number of aryl methyl sites for hydroxylation is 1. The second kappa shape index (κ2) is 5.55. The third-order valence-corrected chi connectivity index (χ3v) is 3.63. The van der Waals surface area contributed by atoms with Gasteiger partial charge in [0.05, 0.1) is 10.7 Å². The van der Waals surface area contributed by atoms with Gasteiger partial charge < -0.3 is 11.1 Å². The molecular formula is C13H19ClN2. The van der Waals surface area contributed by atoms with E-state index in [0.717, 1.165) is 12.3 Å². The number of rotatable bonds is 3. The van der Waals surface area contributed by atoms with Crippen LogP contribution in [0.5, 0.6) is 0 Å². The lowest BCUT2D eigenvalue weighted by atomic mass is 9.93. The molecule has 88 valence electrons. The molecule has 1 aromatic carbocycles. The van der Waals surface area contributed by atoms with Crippen molar-refractivity contribution in [1.29, 1.82) is 0 Å². The first-order valence-electron chi connectivity index (χ1n) is 6.00. The van der Waals surface area contributed by atoms with Crippen LogP contribution in [0.2, 0.25) is 5.02 Å². The first-order valence-corrected chi connectivity index (χ1v) is 6.38. The molecule has 0 aliphatic carbocycles. The standard InChI is InChI=1S/C13H19ClN2/c14-12-8-10(5-6-13(12)15)3-4-11-2-1-7-16-9-11/h5-6,8,11,16H,1-4,7,9,15H2. The van der Waals surface area contributed by atoms with Crippen LogP contribution in [0.4, 0.5) is 5.69 Å². The van der Waals surface area contributed by atoms with E-state index in [1.54, 1.807) is 0 Å². The van der Waals surface area contributed by atoms with Crippen molar-refractivity contribution < 1.29 is 0 Å². The van der Waals surface area contributed by atoms with Crippen LogP contribution in [0.1, 0.15) is 24.8 Å². The van der Waals surface area contributed by atoms with Crippen molar-refractivity contribution in [3.05, 3.63) is 28.8 Å². The number of halogens is 1. The van der Waals surface area contributed by atoms with Crippen molar-refractivity contribution in [2.45, 2.75) is 25.7 Å². The Kier molecular flexibility index (Phi) is 4.08. The van der Waals surface area contributed by atoms with Gasteiger partial charge in [0.15, 0.2) is 0 Å². The van der Waals surface area contributed by atoms with Crippen LogP contribution in [-0.4, -0.2) is 13.1 Å². The third-order valence-electron chi connectivity index (χ3n) is 3.31. The Labute approximate surface area is 102 Å². The van der Waals surface area contributed by atoms with Gasteiger partial charge in [0.25, 0.3) is 0 Å². The van der Waals surface area contributed by atoms with Crippen molar-refractivity contribution in [2.24, 2.45) is 5.92 Å². The number of hydrogen-bond donors (Lipinski definition) is 2. The van der Waals surface area contributed by atoms with Gasteiger partial charge in [0.1, 0.15) is 0 Å². The molecule has 1 unspecified atom stereocenters. The average Bonchev–Trinajstić information content (AvgIpc) is 2.32. The molecule has 1 heterocycles. The molecule has 1 aliphatic heterocycles. The monoisotopic (exact) mass is 238 g/mol. The summed E-state index contributed by atoms with van der Waals surface area (Å²) in [7, 11) is 0. The Morgan fingerprint density at radius 2 is 2.31 bits per heavy atom. The van der Waals surface area contributed by atoms with Gasteiger partial charge in [-0.25, -0.2) is 0 Å². The van der Waals surface area contributed by atoms with E-state index < -0.39 is 0 Å². The smallest absolute Gasteiger partial charge is 0.0638 e. The minimum absolute atomic E-state index is 0.671. The van der Waals surface area contributed by atoms with Crippen LogP contribution in [-0.2, 0) is 6.42 Å². The topological polar surface area (TPSA) is 38.0 Å². The van der Waals surface area contributed by atoms with E-state index >= 15 is 0 Å². The molecule has 0 amide bonds. The molecule has 3 heteroatoms. The molecule has 1 fully saturated rings. The lowest BCUT2D eigenvalue weighted by Crippen LogP contribution is -2.29. The lowest BCUT2D eigenvalue weighted by molar-refractivity contribution is 0.358. The lowest BCUT2D eigenvalue weighted by Gasteiger charge is -2.22. The molecule has 2 nitrogen and oxygen atoms in total. The Morgan fingerprint density at radius 3 is 3.00 bits per heavy atom. The normalized spacial score (nSPS) is 20.9. The highest BCUT2D eigenvalue weighted by molar-refractivity contribution is 6.33. The third kappa shape index (κ3) is 3.13. The van der Waals surface area contributed by atoms with Crippen LogP contribution in [0.3, 0.4) is 0 Å². The van der Waals surface area contributed by atoms with Crippen molar-refractivity contribution in [3.63, 3.8) is 0 Å². The number of benzene rings is 1. The molecule has 1 atom stereocenters. The van der Waals surface area contributed by atoms with Crippen molar-refractivity contribution in [3.8, 4) is 0 Å². The van der Waals surface area contributed by atoms with Crippen molar-refractivity contribution >= 4 is 17.3 Å². The second-order valence-corrected chi connectivity index (χ2v) is 5.01. The predicted molar refractivity (Wildman–Crippen MR) is 69.8 cm³/mol. The Bertz CT molecular complexity index is 346. The van der Waals surface area contributed by atoms with Gasteiger partial charge in [0, 0.05) is 0 Å². The summed E-state index contributed by atoms with van der Waals surface area (Å²) in [6.07, 6.45) is 5.02. The highest BCUT2D eigenvalue weighted by Gasteiger charge is 2.12. The molecule has 1 saturated heterocycles. The van der Waals surface area contributed by atoms with Gasteiger partial charge >= 0.3 is 0 Å². The van der Waals surface area contributed by atoms with E-state index in [2.05, 4.69) is 11.4 Å². The van der Waals surface area contributed by atoms with Crippen LogP contribution in [0, 0.1) is 5.92 Å². The van der Waals surface area contributed by atoms with Gasteiger partial charge in [0.2, 0.25) is 0 Å². The fourth-order valence-corrected chi connectivity index (χ4v) is 2.47. The summed E-state index contributed by atoms with van der Waals surface area (Å²) in [6, 6.07) is 5.97. The van der Waals surface area contributed by atoms with E-state index in [1.807, 2.05) is 12.1 Å². The van der Waals surface area contributed by atoms with Crippen LogP contribution < -0.4 is 11.1 Å². The summed E-state index contributed by atoms with van der Waals surface area (Å²) in [5, 5.41) is 4.13. The summed E-state index contributed by atoms with van der Waals surface area (Å²) in [6.45, 7) is 2.35. The Balaban J connectivity index is 1.86. The number of nitrogen functional groups attached to an aromatic ring is 1. The van der Waals surface area contributed by atoms with E-state index in [0.29, 0.717) is 10.7 Å². The van der Waals surface area contributed by atoms with Crippen LogP contribution in [0.25, 0.3) is 0 Å². The zero-order chi connectivity index (χ0) is 11.4. The number of nitrogens with one attached hydrogen (secondary N) is 1. The van der Waals surface area contributed by atoms with Crippen molar-refractivity contribution in [2.75, 3.05) is 18.8 Å². The van der Waals surface area contributed by atoms with E-state index in [9.17, 15) is 0 Å². The summed E-state index contributed by atoms with van der Waals surface area (Å²) in [5.74, 6) is 0.824. The molecule has 1 aliphatic rings. The molecule has 0 aromatic heterocycles. The number of hydrogen-bond acceptors (Lipinski definition) is 2. The minimum atomic E-state index is 0.671. The number of nitrogens with two attached hydrogens (primary N) is 1. The Hall–Kier alpha value is -0.730. The molecule has 0 saturated carbocycles. The highest BCUT2D eigenvalue weighted by atomic mass is 35.5. The van der Waals surface area contributed by atoms with Gasteiger partial charge in [-0.3, -0.25) is 0 Å². The number of anilines is 1. The van der Waals surface area contributed by atoms with Crippen molar-refractivity contribution in [1.82, 2.24) is 5.32 Å². The maximum absolute atomic E-state index is 6.00. The average molecular weight is 239 g/mol. The summed E-state index contributed by atoms with van der Waals surface area (Å²) in [5.41, 5.74) is 7.65. The Morgan fingerprint density at radius 1 is 1.44 bits per heavy atom. The molecule has 1 aromatic rings. The van der Waals surface area contributed by atoms with E-state index in [1.165, 1.54) is 37.9 Å². The SMILES string of the molecule is Nc1ccc(CCC2CCCNC2)cc1Cl. The summed E-state index contributed by atoms with van der Waals surface area (Å²) in [4.78, 5) is 0. The molecular weight excluding hydrogens is 220 g/mol. The van der Waals surface area contributed by atoms with E-state index in [-0.39, 0.29) is 0 Å².